The molecule has 0 aliphatic heterocycles. The van der Waals surface area contributed by atoms with Crippen molar-refractivity contribution in [2.75, 3.05) is 12.4 Å². The Morgan fingerprint density at radius 2 is 2.17 bits per heavy atom. The van der Waals surface area contributed by atoms with Gasteiger partial charge in [0.25, 0.3) is 11.8 Å². The highest BCUT2D eigenvalue weighted by Gasteiger charge is 2.28. The van der Waals surface area contributed by atoms with Gasteiger partial charge in [0.2, 0.25) is 0 Å². The summed E-state index contributed by atoms with van der Waals surface area (Å²) in [5.74, 6) is 0.308. The topological polar surface area (TPSA) is 150 Å². The molecule has 0 radical (unpaired) electrons. The van der Waals surface area contributed by atoms with Gasteiger partial charge in [0, 0.05) is 14.2 Å². The number of aryl methyl sites for hydroxylation is 2. The minimum absolute atomic E-state index is 0.127. The Morgan fingerprint density at radius 1 is 1.34 bits per heavy atom. The minimum atomic E-state index is -0.756. The van der Waals surface area contributed by atoms with Crippen LogP contribution in [0.1, 0.15) is 62.4 Å². The Hall–Kier alpha value is -3.54. The maximum Gasteiger partial charge on any atom is 0.306 e. The van der Waals surface area contributed by atoms with Gasteiger partial charge >= 0.3 is 5.97 Å². The fraction of sp³-hybridized carbons (Fsp3) is 0.565. The molecule has 1 aliphatic carbocycles. The molecule has 35 heavy (non-hydrogen) atoms. The van der Waals surface area contributed by atoms with Gasteiger partial charge in [0.15, 0.2) is 0 Å². The van der Waals surface area contributed by atoms with Gasteiger partial charge in [-0.3, -0.25) is 4.79 Å². The Balaban J connectivity index is 1.45. The first-order chi connectivity index (χ1) is 16.9. The van der Waals surface area contributed by atoms with E-state index in [-0.39, 0.29) is 18.1 Å². The van der Waals surface area contributed by atoms with E-state index in [1.807, 2.05) is 26.0 Å². The number of nitrogens with one attached hydrogen (secondary N) is 1. The van der Waals surface area contributed by atoms with Crippen LogP contribution >= 0.6 is 0 Å². The van der Waals surface area contributed by atoms with Gasteiger partial charge in [-0.2, -0.15) is 4.98 Å². The lowest BCUT2D eigenvalue weighted by atomic mass is 9.87. The molecule has 0 spiro atoms. The van der Waals surface area contributed by atoms with Crippen LogP contribution in [0.3, 0.4) is 0 Å². The first kappa shape index (κ1) is 24.6. The summed E-state index contributed by atoms with van der Waals surface area (Å²) in [7, 11) is 3.41. The van der Waals surface area contributed by atoms with Crippen molar-refractivity contribution in [3.8, 4) is 17.1 Å². The molecule has 188 valence electrons. The molecular weight excluding hydrogens is 454 g/mol. The van der Waals surface area contributed by atoms with Crippen molar-refractivity contribution >= 4 is 11.9 Å². The fourth-order valence-electron chi connectivity index (χ4n) is 4.28. The first-order valence-electron chi connectivity index (χ1n) is 11.8. The van der Waals surface area contributed by atoms with Crippen LogP contribution in [0.5, 0.6) is 5.75 Å². The second-order valence-corrected chi connectivity index (χ2v) is 8.67. The summed E-state index contributed by atoms with van der Waals surface area (Å²) in [5, 5.41) is 24.9. The number of ether oxygens (including phenoxy) is 2. The molecule has 2 N–H and O–H groups in total. The van der Waals surface area contributed by atoms with Crippen molar-refractivity contribution in [2.45, 2.75) is 64.7 Å². The van der Waals surface area contributed by atoms with E-state index in [0.717, 1.165) is 25.0 Å². The Kier molecular flexibility index (Phi) is 7.59. The largest absolute Gasteiger partial charge is 0.489 e. The number of hydrogen-bond acceptors (Lipinski definition) is 10. The number of carboxylic acids is 1. The third-order valence-electron chi connectivity index (χ3n) is 6.28. The summed E-state index contributed by atoms with van der Waals surface area (Å²) in [6, 6.07) is 3.69. The lowest BCUT2D eigenvalue weighted by Crippen LogP contribution is -2.29. The number of methoxy groups -OCH3 is 1. The second-order valence-electron chi connectivity index (χ2n) is 8.67. The van der Waals surface area contributed by atoms with E-state index in [0.29, 0.717) is 54.1 Å². The van der Waals surface area contributed by atoms with Gasteiger partial charge in [-0.15, -0.1) is 5.10 Å². The van der Waals surface area contributed by atoms with Crippen LogP contribution in [-0.2, 0) is 23.1 Å². The predicted molar refractivity (Wildman–Crippen MR) is 125 cm³/mol. The van der Waals surface area contributed by atoms with Crippen molar-refractivity contribution < 1.29 is 23.9 Å². The monoisotopic (exact) mass is 485 g/mol. The van der Waals surface area contributed by atoms with Crippen molar-refractivity contribution in [1.82, 2.24) is 30.1 Å². The SMILES string of the molecule is CC[C@H](OC)c1nc(NCc2c(-c3ccc(OC4CCCC(C(=O)O)C4)c(C)n3)nnn2C)no1. The third kappa shape index (κ3) is 5.59. The standard InChI is InChI=1S/C23H31N7O5/c1-5-18(33-4)21-26-23(28-35-21)24-12-17-20(27-29-30(17)3)16-9-10-19(13(2)25-16)34-15-8-6-7-14(11-15)22(31)32/h9-10,14-15,18H,5-8,11-12H2,1-4H3,(H,24,28)(H,31,32)/t14?,15?,18-/m0/s1. The number of aromatic nitrogens is 6. The zero-order chi connectivity index (χ0) is 24.9. The van der Waals surface area contributed by atoms with E-state index in [2.05, 4.69) is 25.8 Å². The van der Waals surface area contributed by atoms with Crippen LogP contribution in [0.25, 0.3) is 11.4 Å². The molecule has 0 aromatic carbocycles. The number of aliphatic carboxylic acids is 1. The maximum atomic E-state index is 11.4. The number of anilines is 1. The summed E-state index contributed by atoms with van der Waals surface area (Å²) < 4.78 is 18.4. The van der Waals surface area contributed by atoms with Gasteiger partial charge in [-0.25, -0.2) is 9.67 Å². The molecular formula is C23H31N7O5. The molecule has 0 amide bonds. The number of carboxylic acid groups (broad SMARTS) is 1. The molecule has 0 bridgehead atoms. The Bertz CT molecular complexity index is 1160. The van der Waals surface area contributed by atoms with Crippen LogP contribution in [0.4, 0.5) is 5.95 Å². The van der Waals surface area contributed by atoms with E-state index in [9.17, 15) is 9.90 Å². The van der Waals surface area contributed by atoms with Crippen LogP contribution in [-0.4, -0.2) is 54.4 Å². The van der Waals surface area contributed by atoms with E-state index < -0.39 is 5.97 Å². The van der Waals surface area contributed by atoms with Gasteiger partial charge in [-0.05, 0) is 56.3 Å². The third-order valence-corrected chi connectivity index (χ3v) is 6.28. The van der Waals surface area contributed by atoms with Crippen LogP contribution in [0.15, 0.2) is 16.7 Å². The molecule has 3 heterocycles. The Morgan fingerprint density at radius 3 is 2.89 bits per heavy atom. The molecule has 12 heteroatoms. The highest BCUT2D eigenvalue weighted by Crippen LogP contribution is 2.30. The molecule has 3 atom stereocenters. The molecule has 0 saturated heterocycles. The van der Waals surface area contributed by atoms with Crippen molar-refractivity contribution in [1.29, 1.82) is 0 Å². The van der Waals surface area contributed by atoms with Crippen LogP contribution in [0, 0.1) is 12.8 Å². The van der Waals surface area contributed by atoms with Gasteiger partial charge in [0.05, 0.1) is 35.6 Å². The van der Waals surface area contributed by atoms with Gasteiger partial charge in [0.1, 0.15) is 17.5 Å². The first-order valence-corrected chi connectivity index (χ1v) is 11.8. The van der Waals surface area contributed by atoms with Crippen molar-refractivity contribution in [3.05, 3.63) is 29.4 Å². The number of nitrogens with zero attached hydrogens (tertiary/aromatic N) is 6. The van der Waals surface area contributed by atoms with E-state index in [1.54, 1.807) is 18.8 Å². The normalized spacial score (nSPS) is 18.9. The highest BCUT2D eigenvalue weighted by molar-refractivity contribution is 5.70. The lowest BCUT2D eigenvalue weighted by molar-refractivity contribution is -0.143. The summed E-state index contributed by atoms with van der Waals surface area (Å²) in [5.41, 5.74) is 2.79. The van der Waals surface area contributed by atoms with E-state index in [4.69, 9.17) is 19.0 Å². The zero-order valence-electron chi connectivity index (χ0n) is 20.4. The van der Waals surface area contributed by atoms with Gasteiger partial charge in [-0.1, -0.05) is 12.1 Å². The Labute approximate surface area is 203 Å². The average Bonchev–Trinajstić information content (AvgIpc) is 3.46. The number of pyridine rings is 1. The molecule has 4 rings (SSSR count). The van der Waals surface area contributed by atoms with Crippen LogP contribution < -0.4 is 10.1 Å². The molecule has 3 aromatic heterocycles. The fourth-order valence-corrected chi connectivity index (χ4v) is 4.28. The van der Waals surface area contributed by atoms with E-state index in [1.165, 1.54) is 0 Å². The molecule has 1 saturated carbocycles. The average molecular weight is 486 g/mol. The minimum Gasteiger partial charge on any atom is -0.489 e. The maximum absolute atomic E-state index is 11.4. The summed E-state index contributed by atoms with van der Waals surface area (Å²) in [6.45, 7) is 4.21. The lowest BCUT2D eigenvalue weighted by Gasteiger charge is -2.27. The van der Waals surface area contributed by atoms with Crippen molar-refractivity contribution in [3.63, 3.8) is 0 Å². The predicted octanol–water partition coefficient (Wildman–Crippen LogP) is 3.30. The molecule has 12 nitrogen and oxygen atoms in total. The molecule has 2 unspecified atom stereocenters. The quantitative estimate of drug-likeness (QED) is 0.435. The summed E-state index contributed by atoms with van der Waals surface area (Å²) >= 11 is 0. The molecule has 1 aliphatic rings. The summed E-state index contributed by atoms with van der Waals surface area (Å²) in [6.07, 6.45) is 3.24. The second kappa shape index (κ2) is 10.8. The zero-order valence-corrected chi connectivity index (χ0v) is 20.4. The van der Waals surface area contributed by atoms with Crippen molar-refractivity contribution in [2.24, 2.45) is 13.0 Å². The highest BCUT2D eigenvalue weighted by atomic mass is 16.5. The number of hydrogen-bond donors (Lipinski definition) is 2. The summed E-state index contributed by atoms with van der Waals surface area (Å²) in [4.78, 5) is 20.4. The number of rotatable bonds is 10. The van der Waals surface area contributed by atoms with Crippen LogP contribution in [0.2, 0.25) is 0 Å². The molecule has 3 aromatic rings. The van der Waals surface area contributed by atoms with E-state index >= 15 is 0 Å². The number of carbonyl (C=O) groups is 1. The smallest absolute Gasteiger partial charge is 0.306 e. The molecule has 1 fully saturated rings. The van der Waals surface area contributed by atoms with Gasteiger partial charge < -0.3 is 24.4 Å².